The molecule has 0 aromatic carbocycles. The Hall–Kier alpha value is -0.750. The highest BCUT2D eigenvalue weighted by Gasteiger charge is 2.24. The van der Waals surface area contributed by atoms with E-state index in [0.29, 0.717) is 13.1 Å². The molecule has 4 nitrogen and oxygen atoms in total. The number of nitrogens with zero attached hydrogens (tertiary/aromatic N) is 2. The molecule has 1 fully saturated rings. The molecule has 1 aliphatic rings. The van der Waals surface area contributed by atoms with Gasteiger partial charge in [-0.15, -0.1) is 11.3 Å². The molecule has 1 aliphatic heterocycles. The molecule has 0 radical (unpaired) electrons. The molecule has 0 unspecified atom stereocenters. The van der Waals surface area contributed by atoms with Crippen molar-refractivity contribution in [2.45, 2.75) is 26.4 Å². The van der Waals surface area contributed by atoms with Crippen LogP contribution in [0.1, 0.15) is 28.4 Å². The van der Waals surface area contributed by atoms with Crippen LogP contribution in [0.4, 0.5) is 0 Å². The van der Waals surface area contributed by atoms with Crippen molar-refractivity contribution in [2.75, 3.05) is 39.3 Å². The number of carbonyl (C=O) groups is 1. The number of Topliss-reactive ketones (excluding diaryl/α,β-unsaturated/α-hetero) is 1. The maximum absolute atomic E-state index is 12.2. The lowest BCUT2D eigenvalue weighted by Crippen LogP contribution is -2.51. The lowest BCUT2D eigenvalue weighted by Gasteiger charge is -2.36. The van der Waals surface area contributed by atoms with Crippen molar-refractivity contribution < 1.29 is 9.90 Å². The highest BCUT2D eigenvalue weighted by Crippen LogP contribution is 2.16. The fourth-order valence-corrected chi connectivity index (χ4v) is 3.32. The number of aryl methyl sites for hydroxylation is 1. The molecule has 0 bridgehead atoms. The van der Waals surface area contributed by atoms with Gasteiger partial charge in [0.25, 0.3) is 0 Å². The Bertz CT molecular complexity index is 457. The predicted molar refractivity (Wildman–Crippen MR) is 82.6 cm³/mol. The topological polar surface area (TPSA) is 43.8 Å². The molecule has 1 aromatic rings. The number of thiophene rings is 1. The lowest BCUT2D eigenvalue weighted by atomic mass is 10.1. The smallest absolute Gasteiger partial charge is 0.186 e. The van der Waals surface area contributed by atoms with Crippen molar-refractivity contribution in [3.05, 3.63) is 21.9 Å². The zero-order chi connectivity index (χ0) is 14.8. The van der Waals surface area contributed by atoms with Crippen LogP contribution in [0.15, 0.2) is 12.1 Å². The average Bonchev–Trinajstić information content (AvgIpc) is 2.77. The zero-order valence-corrected chi connectivity index (χ0v) is 13.4. The quantitative estimate of drug-likeness (QED) is 0.839. The minimum Gasteiger partial charge on any atom is -0.389 e. The van der Waals surface area contributed by atoms with Crippen LogP contribution in [0.25, 0.3) is 0 Å². The van der Waals surface area contributed by atoms with Crippen molar-refractivity contribution in [3.63, 3.8) is 0 Å². The SMILES string of the molecule is Cc1ccc(C(=O)CN2CCN(CC(C)(C)O)CC2)s1. The second-order valence-electron chi connectivity index (χ2n) is 6.20. The van der Waals surface area contributed by atoms with Gasteiger partial charge in [0.1, 0.15) is 0 Å². The summed E-state index contributed by atoms with van der Waals surface area (Å²) < 4.78 is 0. The highest BCUT2D eigenvalue weighted by atomic mass is 32.1. The first-order valence-corrected chi connectivity index (χ1v) is 7.92. The van der Waals surface area contributed by atoms with Gasteiger partial charge in [0.05, 0.1) is 17.0 Å². The molecule has 0 atom stereocenters. The molecule has 2 heterocycles. The maximum Gasteiger partial charge on any atom is 0.186 e. The molecule has 1 N–H and O–H groups in total. The number of ketones is 1. The summed E-state index contributed by atoms with van der Waals surface area (Å²) in [6.45, 7) is 10.5. The van der Waals surface area contributed by atoms with E-state index in [1.54, 1.807) is 11.3 Å². The van der Waals surface area contributed by atoms with Crippen LogP contribution in [0, 0.1) is 6.92 Å². The van der Waals surface area contributed by atoms with Crippen molar-refractivity contribution in [1.82, 2.24) is 9.80 Å². The predicted octanol–water partition coefficient (Wildman–Crippen LogP) is 1.63. The van der Waals surface area contributed by atoms with Crippen LogP contribution in [-0.4, -0.2) is 65.6 Å². The van der Waals surface area contributed by atoms with Crippen LogP contribution < -0.4 is 0 Å². The van der Waals surface area contributed by atoms with Gasteiger partial charge in [0, 0.05) is 37.6 Å². The maximum atomic E-state index is 12.2. The third kappa shape index (κ3) is 4.66. The number of piperazine rings is 1. The Balaban J connectivity index is 1.78. The summed E-state index contributed by atoms with van der Waals surface area (Å²) in [5.74, 6) is 0.221. The van der Waals surface area contributed by atoms with Gasteiger partial charge in [-0.3, -0.25) is 14.6 Å². The van der Waals surface area contributed by atoms with E-state index in [-0.39, 0.29) is 5.78 Å². The van der Waals surface area contributed by atoms with Gasteiger partial charge < -0.3 is 5.11 Å². The highest BCUT2D eigenvalue weighted by molar-refractivity contribution is 7.14. The number of carbonyl (C=O) groups excluding carboxylic acids is 1. The first-order chi connectivity index (χ1) is 9.33. The minimum atomic E-state index is -0.646. The summed E-state index contributed by atoms with van der Waals surface area (Å²) in [6.07, 6.45) is 0. The summed E-state index contributed by atoms with van der Waals surface area (Å²) in [5.41, 5.74) is -0.646. The molecule has 5 heteroatoms. The van der Waals surface area contributed by atoms with E-state index >= 15 is 0 Å². The number of rotatable bonds is 5. The van der Waals surface area contributed by atoms with Crippen molar-refractivity contribution in [2.24, 2.45) is 0 Å². The van der Waals surface area contributed by atoms with Gasteiger partial charge in [-0.2, -0.15) is 0 Å². The Kier molecular flexibility index (Phi) is 4.96. The van der Waals surface area contributed by atoms with Gasteiger partial charge in [-0.25, -0.2) is 0 Å². The number of hydrogen-bond donors (Lipinski definition) is 1. The van der Waals surface area contributed by atoms with Gasteiger partial charge >= 0.3 is 0 Å². The molecule has 20 heavy (non-hydrogen) atoms. The minimum absolute atomic E-state index is 0.221. The van der Waals surface area contributed by atoms with E-state index in [1.807, 2.05) is 32.9 Å². The van der Waals surface area contributed by atoms with Crippen molar-refractivity contribution in [3.8, 4) is 0 Å². The molecule has 112 valence electrons. The van der Waals surface area contributed by atoms with Crippen LogP contribution in [0.3, 0.4) is 0 Å². The summed E-state index contributed by atoms with van der Waals surface area (Å²) in [4.78, 5) is 18.7. The fraction of sp³-hybridized carbons (Fsp3) is 0.667. The summed E-state index contributed by atoms with van der Waals surface area (Å²) in [6, 6.07) is 3.92. The Morgan fingerprint density at radius 2 is 1.85 bits per heavy atom. The summed E-state index contributed by atoms with van der Waals surface area (Å²) in [5, 5.41) is 9.82. The van der Waals surface area contributed by atoms with Crippen LogP contribution in [0.5, 0.6) is 0 Å². The van der Waals surface area contributed by atoms with Crippen molar-refractivity contribution in [1.29, 1.82) is 0 Å². The largest absolute Gasteiger partial charge is 0.389 e. The monoisotopic (exact) mass is 296 g/mol. The molecule has 1 aromatic heterocycles. The van der Waals surface area contributed by atoms with E-state index < -0.39 is 5.60 Å². The van der Waals surface area contributed by atoms with E-state index in [2.05, 4.69) is 9.80 Å². The Morgan fingerprint density at radius 3 is 2.35 bits per heavy atom. The third-order valence-electron chi connectivity index (χ3n) is 3.46. The second-order valence-corrected chi connectivity index (χ2v) is 7.49. The van der Waals surface area contributed by atoms with E-state index in [4.69, 9.17) is 0 Å². The normalized spacial score (nSPS) is 18.4. The van der Waals surface area contributed by atoms with E-state index in [9.17, 15) is 9.90 Å². The van der Waals surface area contributed by atoms with Gasteiger partial charge in [-0.05, 0) is 32.9 Å². The van der Waals surface area contributed by atoms with Crippen molar-refractivity contribution >= 4 is 17.1 Å². The van der Waals surface area contributed by atoms with E-state index in [1.165, 1.54) is 4.88 Å². The lowest BCUT2D eigenvalue weighted by molar-refractivity contribution is 0.0179. The molecule has 0 amide bonds. The molecule has 0 spiro atoms. The Morgan fingerprint density at radius 1 is 1.25 bits per heavy atom. The third-order valence-corrected chi connectivity index (χ3v) is 4.50. The first-order valence-electron chi connectivity index (χ1n) is 7.10. The summed E-state index contributed by atoms with van der Waals surface area (Å²) in [7, 11) is 0. The van der Waals surface area contributed by atoms with Crippen LogP contribution in [-0.2, 0) is 0 Å². The molecule has 0 saturated carbocycles. The standard InChI is InChI=1S/C15H24N2O2S/c1-12-4-5-14(20-12)13(18)10-16-6-8-17(9-7-16)11-15(2,3)19/h4-5,19H,6-11H2,1-3H3. The Labute approximate surface area is 125 Å². The average molecular weight is 296 g/mol. The molecule has 2 rings (SSSR count). The van der Waals surface area contributed by atoms with Gasteiger partial charge in [0.2, 0.25) is 0 Å². The second kappa shape index (κ2) is 6.35. The van der Waals surface area contributed by atoms with E-state index in [0.717, 1.165) is 31.1 Å². The molecular formula is C15H24N2O2S. The molecule has 1 saturated heterocycles. The van der Waals surface area contributed by atoms with Gasteiger partial charge in [-0.1, -0.05) is 0 Å². The molecular weight excluding hydrogens is 272 g/mol. The number of β-amino-alcohol motifs (C(OH)–C–C–N with tert-alkyl or cyclic N) is 1. The number of aliphatic hydroxyl groups is 1. The fourth-order valence-electron chi connectivity index (χ4n) is 2.52. The summed E-state index contributed by atoms with van der Waals surface area (Å²) >= 11 is 1.57. The first kappa shape index (κ1) is 15.6. The van der Waals surface area contributed by atoms with Crippen LogP contribution >= 0.6 is 11.3 Å². The van der Waals surface area contributed by atoms with Gasteiger partial charge in [0.15, 0.2) is 5.78 Å². The molecule has 0 aliphatic carbocycles. The van der Waals surface area contributed by atoms with Crippen LogP contribution in [0.2, 0.25) is 0 Å². The number of hydrogen-bond acceptors (Lipinski definition) is 5. The zero-order valence-electron chi connectivity index (χ0n) is 12.6.